The molecule has 0 bridgehead atoms. The van der Waals surface area contributed by atoms with E-state index in [1.165, 1.54) is 12.8 Å². The second-order valence-electron chi connectivity index (χ2n) is 6.38. The van der Waals surface area contributed by atoms with Crippen LogP contribution < -0.4 is 0 Å². The lowest BCUT2D eigenvalue weighted by molar-refractivity contribution is -0.136. The van der Waals surface area contributed by atoms with Gasteiger partial charge in [-0.05, 0) is 24.2 Å². The third kappa shape index (κ3) is 4.67. The van der Waals surface area contributed by atoms with E-state index >= 15 is 0 Å². The summed E-state index contributed by atoms with van der Waals surface area (Å²) in [4.78, 5) is 14.1. The maximum atomic E-state index is 12.0. The van der Waals surface area contributed by atoms with Gasteiger partial charge in [-0.15, -0.1) is 0 Å². The molecular weight excluding hydrogens is 186 g/mol. The van der Waals surface area contributed by atoms with Gasteiger partial charge in [0.2, 0.25) is 5.91 Å². The SMILES string of the molecule is CC(C)C(=O)N(CC1CC1)CC(C)(C)C. The first-order chi connectivity index (χ1) is 6.79. The lowest BCUT2D eigenvalue weighted by Gasteiger charge is -2.31. The standard InChI is InChI=1S/C13H25NO/c1-10(2)12(15)14(8-11-6-7-11)9-13(3,4)5/h10-11H,6-9H2,1-5H3. The number of hydrogen-bond donors (Lipinski definition) is 0. The van der Waals surface area contributed by atoms with Crippen LogP contribution in [0.25, 0.3) is 0 Å². The van der Waals surface area contributed by atoms with E-state index in [1.54, 1.807) is 0 Å². The van der Waals surface area contributed by atoms with E-state index in [9.17, 15) is 4.79 Å². The zero-order valence-corrected chi connectivity index (χ0v) is 10.8. The van der Waals surface area contributed by atoms with Crippen molar-refractivity contribution >= 4 is 5.91 Å². The Morgan fingerprint density at radius 1 is 1.33 bits per heavy atom. The molecule has 0 atom stereocenters. The Balaban J connectivity index is 2.55. The van der Waals surface area contributed by atoms with E-state index in [1.807, 2.05) is 13.8 Å². The van der Waals surface area contributed by atoms with Gasteiger partial charge in [0.15, 0.2) is 0 Å². The van der Waals surface area contributed by atoms with Gasteiger partial charge in [0.1, 0.15) is 0 Å². The van der Waals surface area contributed by atoms with Gasteiger partial charge in [-0.2, -0.15) is 0 Å². The fourth-order valence-corrected chi connectivity index (χ4v) is 1.78. The van der Waals surface area contributed by atoms with Gasteiger partial charge in [-0.25, -0.2) is 0 Å². The number of carbonyl (C=O) groups excluding carboxylic acids is 1. The van der Waals surface area contributed by atoms with Crippen LogP contribution in [0.15, 0.2) is 0 Å². The predicted octanol–water partition coefficient (Wildman–Crippen LogP) is 2.93. The Morgan fingerprint density at radius 3 is 2.20 bits per heavy atom. The Labute approximate surface area is 94.0 Å². The number of amides is 1. The van der Waals surface area contributed by atoms with Crippen molar-refractivity contribution in [3.8, 4) is 0 Å². The van der Waals surface area contributed by atoms with Crippen LogP contribution in [0.3, 0.4) is 0 Å². The monoisotopic (exact) mass is 211 g/mol. The maximum Gasteiger partial charge on any atom is 0.225 e. The van der Waals surface area contributed by atoms with Crippen molar-refractivity contribution in [2.75, 3.05) is 13.1 Å². The minimum Gasteiger partial charge on any atom is -0.342 e. The van der Waals surface area contributed by atoms with Crippen LogP contribution in [0.5, 0.6) is 0 Å². The Morgan fingerprint density at radius 2 is 1.87 bits per heavy atom. The van der Waals surface area contributed by atoms with E-state index in [-0.39, 0.29) is 11.3 Å². The molecule has 0 N–H and O–H groups in total. The molecule has 1 saturated carbocycles. The first-order valence-electron chi connectivity index (χ1n) is 6.08. The topological polar surface area (TPSA) is 20.3 Å². The van der Waals surface area contributed by atoms with E-state index in [4.69, 9.17) is 0 Å². The molecular formula is C13H25NO. The Kier molecular flexibility index (Phi) is 3.80. The highest BCUT2D eigenvalue weighted by molar-refractivity contribution is 5.78. The molecule has 0 heterocycles. The number of carbonyl (C=O) groups is 1. The summed E-state index contributed by atoms with van der Waals surface area (Å²) in [6, 6.07) is 0. The minimum atomic E-state index is 0.131. The van der Waals surface area contributed by atoms with E-state index in [2.05, 4.69) is 25.7 Å². The van der Waals surface area contributed by atoms with Crippen LogP contribution in [0.1, 0.15) is 47.5 Å². The molecule has 0 radical (unpaired) electrons. The maximum absolute atomic E-state index is 12.0. The van der Waals surface area contributed by atoms with Gasteiger partial charge in [0, 0.05) is 19.0 Å². The summed E-state index contributed by atoms with van der Waals surface area (Å²) in [5.41, 5.74) is 0.208. The molecule has 0 aromatic rings. The van der Waals surface area contributed by atoms with Crippen LogP contribution in [0.2, 0.25) is 0 Å². The van der Waals surface area contributed by atoms with Gasteiger partial charge in [-0.3, -0.25) is 4.79 Å². The molecule has 2 nitrogen and oxygen atoms in total. The van der Waals surface area contributed by atoms with Gasteiger partial charge >= 0.3 is 0 Å². The third-order valence-corrected chi connectivity index (χ3v) is 2.65. The summed E-state index contributed by atoms with van der Waals surface area (Å²) < 4.78 is 0. The Bertz CT molecular complexity index is 223. The highest BCUT2D eigenvalue weighted by Crippen LogP contribution is 2.31. The summed E-state index contributed by atoms with van der Waals surface area (Å²) in [5.74, 6) is 1.23. The summed E-state index contributed by atoms with van der Waals surface area (Å²) in [7, 11) is 0. The molecule has 88 valence electrons. The molecule has 1 amide bonds. The van der Waals surface area contributed by atoms with Crippen LogP contribution in [0, 0.1) is 17.3 Å². The summed E-state index contributed by atoms with van der Waals surface area (Å²) in [6.07, 6.45) is 2.62. The van der Waals surface area contributed by atoms with E-state index in [0.717, 1.165) is 19.0 Å². The number of hydrogen-bond acceptors (Lipinski definition) is 1. The largest absolute Gasteiger partial charge is 0.342 e. The highest BCUT2D eigenvalue weighted by atomic mass is 16.2. The summed E-state index contributed by atoms with van der Waals surface area (Å²) >= 11 is 0. The van der Waals surface area contributed by atoms with Crippen LogP contribution >= 0.6 is 0 Å². The van der Waals surface area contributed by atoms with Crippen molar-refractivity contribution in [1.29, 1.82) is 0 Å². The zero-order valence-electron chi connectivity index (χ0n) is 10.8. The van der Waals surface area contributed by atoms with Crippen molar-refractivity contribution in [1.82, 2.24) is 4.90 Å². The number of rotatable bonds is 4. The van der Waals surface area contributed by atoms with Crippen molar-refractivity contribution in [3.05, 3.63) is 0 Å². The van der Waals surface area contributed by atoms with E-state index in [0.29, 0.717) is 5.91 Å². The molecule has 0 aromatic heterocycles. The Hall–Kier alpha value is -0.530. The first-order valence-corrected chi connectivity index (χ1v) is 6.08. The normalized spacial score (nSPS) is 16.9. The van der Waals surface area contributed by atoms with Crippen molar-refractivity contribution in [2.45, 2.75) is 47.5 Å². The molecule has 15 heavy (non-hydrogen) atoms. The fourth-order valence-electron chi connectivity index (χ4n) is 1.78. The molecule has 1 rings (SSSR count). The van der Waals surface area contributed by atoms with Crippen molar-refractivity contribution < 1.29 is 4.79 Å². The molecule has 1 aliphatic carbocycles. The van der Waals surface area contributed by atoms with E-state index < -0.39 is 0 Å². The van der Waals surface area contributed by atoms with Gasteiger partial charge in [0.25, 0.3) is 0 Å². The zero-order chi connectivity index (χ0) is 11.6. The lowest BCUT2D eigenvalue weighted by Crippen LogP contribution is -2.41. The molecule has 1 fully saturated rings. The van der Waals surface area contributed by atoms with Crippen molar-refractivity contribution in [2.24, 2.45) is 17.3 Å². The number of nitrogens with zero attached hydrogens (tertiary/aromatic N) is 1. The summed E-state index contributed by atoms with van der Waals surface area (Å²) in [6.45, 7) is 12.4. The first kappa shape index (κ1) is 12.5. The highest BCUT2D eigenvalue weighted by Gasteiger charge is 2.29. The van der Waals surface area contributed by atoms with Gasteiger partial charge < -0.3 is 4.90 Å². The minimum absolute atomic E-state index is 0.131. The second-order valence-corrected chi connectivity index (χ2v) is 6.38. The van der Waals surface area contributed by atoms with Crippen molar-refractivity contribution in [3.63, 3.8) is 0 Å². The van der Waals surface area contributed by atoms with Crippen LogP contribution in [-0.4, -0.2) is 23.9 Å². The molecule has 0 unspecified atom stereocenters. The smallest absolute Gasteiger partial charge is 0.225 e. The van der Waals surface area contributed by atoms with Crippen LogP contribution in [-0.2, 0) is 4.79 Å². The fraction of sp³-hybridized carbons (Fsp3) is 0.923. The third-order valence-electron chi connectivity index (χ3n) is 2.65. The molecule has 0 saturated heterocycles. The average molecular weight is 211 g/mol. The molecule has 0 spiro atoms. The quantitative estimate of drug-likeness (QED) is 0.700. The lowest BCUT2D eigenvalue weighted by atomic mass is 9.95. The molecule has 0 aliphatic heterocycles. The van der Waals surface area contributed by atoms with Crippen LogP contribution in [0.4, 0.5) is 0 Å². The molecule has 0 aromatic carbocycles. The average Bonchev–Trinajstić information content (AvgIpc) is 2.83. The molecule has 2 heteroatoms. The summed E-state index contributed by atoms with van der Waals surface area (Å²) in [5, 5.41) is 0. The predicted molar refractivity (Wildman–Crippen MR) is 63.6 cm³/mol. The second kappa shape index (κ2) is 4.54. The molecule has 1 aliphatic rings. The van der Waals surface area contributed by atoms with Gasteiger partial charge in [0.05, 0.1) is 0 Å². The van der Waals surface area contributed by atoms with Gasteiger partial charge in [-0.1, -0.05) is 34.6 Å².